The number of carbonyl (C=O) groups is 2. The number of ketones is 1. The first-order chi connectivity index (χ1) is 15.0. The molecule has 0 aromatic heterocycles. The molecule has 7 nitrogen and oxygen atoms in total. The molecule has 1 aliphatic heterocycles. The second-order valence-electron chi connectivity index (χ2n) is 9.45. The molecule has 3 rings (SSSR count). The monoisotopic (exact) mass is 443 g/mol. The lowest BCUT2D eigenvalue weighted by Gasteiger charge is -2.39. The van der Waals surface area contributed by atoms with Crippen LogP contribution in [0.2, 0.25) is 0 Å². The van der Waals surface area contributed by atoms with E-state index in [2.05, 4.69) is 13.8 Å². The number of Topliss-reactive ketones (excluding diaryl/α,β-unsaturated/α-hetero) is 1. The highest BCUT2D eigenvalue weighted by atomic mass is 16.5. The number of nitrogens with zero attached hydrogens (tertiary/aromatic N) is 1. The van der Waals surface area contributed by atoms with Gasteiger partial charge in [-0.15, -0.1) is 0 Å². The summed E-state index contributed by atoms with van der Waals surface area (Å²) in [6.45, 7) is 9.56. The van der Waals surface area contributed by atoms with Crippen molar-refractivity contribution in [1.29, 1.82) is 0 Å². The number of carbonyl (C=O) groups excluding carboxylic acids is 2. The van der Waals surface area contributed by atoms with Crippen molar-refractivity contribution in [1.82, 2.24) is 0 Å². The summed E-state index contributed by atoms with van der Waals surface area (Å²) in [6, 6.07) is 3.61. The highest BCUT2D eigenvalue weighted by molar-refractivity contribution is 6.09. The molecule has 0 N–H and O–H groups in total. The van der Waals surface area contributed by atoms with Crippen molar-refractivity contribution in [3.05, 3.63) is 29.0 Å². The van der Waals surface area contributed by atoms with Crippen molar-refractivity contribution in [2.45, 2.75) is 59.5 Å². The maximum absolute atomic E-state index is 13.4. The molecule has 0 saturated heterocycles. The van der Waals surface area contributed by atoms with Crippen molar-refractivity contribution in [2.24, 2.45) is 16.3 Å². The standard InChI is InChI=1S/C25H33NO6/c1-13(2)32-24(28)20-14(3)26-16-11-25(4,5)12-17(27)22(16)21(20)15-9-18(29-6)23(31-8)19(10-15)30-7/h9-10,13,20-21H,11-12H2,1-8H3/t20?,21-/m1/s1. The maximum Gasteiger partial charge on any atom is 0.315 e. The van der Waals surface area contributed by atoms with E-state index in [1.165, 1.54) is 21.3 Å². The second-order valence-corrected chi connectivity index (χ2v) is 9.45. The number of methoxy groups -OCH3 is 3. The third kappa shape index (κ3) is 4.38. The molecule has 2 aliphatic rings. The zero-order valence-corrected chi connectivity index (χ0v) is 20.2. The van der Waals surface area contributed by atoms with Crippen molar-refractivity contribution >= 4 is 17.5 Å². The third-order valence-electron chi connectivity index (χ3n) is 5.95. The lowest BCUT2D eigenvalue weighted by atomic mass is 9.67. The van der Waals surface area contributed by atoms with E-state index in [1.54, 1.807) is 26.0 Å². The Hall–Kier alpha value is -2.83. The fraction of sp³-hybridized carbons (Fsp3) is 0.560. The Balaban J connectivity index is 2.26. The summed E-state index contributed by atoms with van der Waals surface area (Å²) in [5, 5.41) is 0. The van der Waals surface area contributed by atoms with Crippen LogP contribution in [0.5, 0.6) is 17.2 Å². The number of benzene rings is 1. The van der Waals surface area contributed by atoms with Crippen LogP contribution in [0, 0.1) is 11.3 Å². The van der Waals surface area contributed by atoms with Crippen LogP contribution in [-0.2, 0) is 14.3 Å². The van der Waals surface area contributed by atoms with Crippen molar-refractivity contribution in [2.75, 3.05) is 21.3 Å². The summed E-state index contributed by atoms with van der Waals surface area (Å²) in [5.41, 5.74) is 2.50. The number of allylic oxidation sites excluding steroid dienone is 2. The Bertz CT molecular complexity index is 963. The molecule has 0 saturated carbocycles. The number of hydrogen-bond donors (Lipinski definition) is 0. The van der Waals surface area contributed by atoms with Crippen LogP contribution in [0.3, 0.4) is 0 Å². The third-order valence-corrected chi connectivity index (χ3v) is 5.95. The Kier molecular flexibility index (Phi) is 6.67. The van der Waals surface area contributed by atoms with E-state index in [1.807, 2.05) is 6.92 Å². The number of ether oxygens (including phenoxy) is 4. The minimum absolute atomic E-state index is 0.00796. The van der Waals surface area contributed by atoms with Gasteiger partial charge >= 0.3 is 5.97 Å². The fourth-order valence-corrected chi connectivity index (χ4v) is 4.70. The highest BCUT2D eigenvalue weighted by Crippen LogP contribution is 2.50. The minimum atomic E-state index is -0.718. The molecule has 0 radical (unpaired) electrons. The Morgan fingerprint density at radius 1 is 1.06 bits per heavy atom. The summed E-state index contributed by atoms with van der Waals surface area (Å²) in [6.07, 6.45) is 0.776. The van der Waals surface area contributed by atoms with Crippen LogP contribution in [0.25, 0.3) is 0 Å². The molecule has 7 heteroatoms. The molecule has 0 spiro atoms. The lowest BCUT2D eigenvalue weighted by molar-refractivity contribution is -0.150. The molecule has 174 valence electrons. The van der Waals surface area contributed by atoms with E-state index in [0.29, 0.717) is 41.4 Å². The SMILES string of the molecule is COc1cc([C@H]2C3=C(CC(C)(C)CC3=O)N=C(C)C2C(=O)OC(C)C)cc(OC)c1OC. The predicted molar refractivity (Wildman–Crippen MR) is 122 cm³/mol. The van der Waals surface area contributed by atoms with Gasteiger partial charge in [-0.25, -0.2) is 0 Å². The van der Waals surface area contributed by atoms with Gasteiger partial charge in [0.25, 0.3) is 0 Å². The summed E-state index contributed by atoms with van der Waals surface area (Å²) in [7, 11) is 4.62. The van der Waals surface area contributed by atoms with Crippen LogP contribution in [0.15, 0.2) is 28.4 Å². The minimum Gasteiger partial charge on any atom is -0.493 e. The number of esters is 1. The van der Waals surface area contributed by atoms with Gasteiger partial charge in [0.2, 0.25) is 5.75 Å². The first kappa shape index (κ1) is 23.8. The molecule has 1 unspecified atom stereocenters. The van der Waals surface area contributed by atoms with Gasteiger partial charge in [-0.1, -0.05) is 13.8 Å². The molecule has 1 aliphatic carbocycles. The van der Waals surface area contributed by atoms with E-state index in [-0.39, 0.29) is 17.3 Å². The van der Waals surface area contributed by atoms with Crippen LogP contribution in [0.1, 0.15) is 58.9 Å². The van der Waals surface area contributed by atoms with Gasteiger partial charge in [0.05, 0.1) is 27.4 Å². The average molecular weight is 444 g/mol. The summed E-state index contributed by atoms with van der Waals surface area (Å²) in [4.78, 5) is 31.4. The molecular weight excluding hydrogens is 410 g/mol. The largest absolute Gasteiger partial charge is 0.493 e. The highest BCUT2D eigenvalue weighted by Gasteiger charge is 2.46. The van der Waals surface area contributed by atoms with Gasteiger partial charge in [-0.05, 0) is 50.3 Å². The summed E-state index contributed by atoms with van der Waals surface area (Å²) in [5.74, 6) is -0.285. The predicted octanol–water partition coefficient (Wildman–Crippen LogP) is 4.48. The number of rotatable bonds is 6. The summed E-state index contributed by atoms with van der Waals surface area (Å²) < 4.78 is 22.1. The quantitative estimate of drug-likeness (QED) is 0.603. The first-order valence-electron chi connectivity index (χ1n) is 10.8. The molecule has 1 aromatic carbocycles. The van der Waals surface area contributed by atoms with Crippen LogP contribution >= 0.6 is 0 Å². The number of hydrogen-bond acceptors (Lipinski definition) is 7. The van der Waals surface area contributed by atoms with E-state index >= 15 is 0 Å². The lowest BCUT2D eigenvalue weighted by Crippen LogP contribution is -2.40. The van der Waals surface area contributed by atoms with Gasteiger partial charge in [-0.3, -0.25) is 14.6 Å². The maximum atomic E-state index is 13.4. The molecular formula is C25H33NO6. The second kappa shape index (κ2) is 8.96. The summed E-state index contributed by atoms with van der Waals surface area (Å²) >= 11 is 0. The fourth-order valence-electron chi connectivity index (χ4n) is 4.70. The van der Waals surface area contributed by atoms with Gasteiger partial charge in [0.15, 0.2) is 17.3 Å². The van der Waals surface area contributed by atoms with Crippen LogP contribution < -0.4 is 14.2 Å². The van der Waals surface area contributed by atoms with Crippen LogP contribution in [0.4, 0.5) is 0 Å². The van der Waals surface area contributed by atoms with Gasteiger partial charge in [0.1, 0.15) is 5.92 Å². The van der Waals surface area contributed by atoms with Gasteiger partial charge < -0.3 is 18.9 Å². The topological polar surface area (TPSA) is 83.4 Å². The molecule has 1 aromatic rings. The molecule has 1 heterocycles. The van der Waals surface area contributed by atoms with Gasteiger partial charge in [0, 0.05) is 29.3 Å². The van der Waals surface area contributed by atoms with E-state index in [9.17, 15) is 9.59 Å². The Morgan fingerprint density at radius 2 is 1.66 bits per heavy atom. The molecule has 32 heavy (non-hydrogen) atoms. The van der Waals surface area contributed by atoms with E-state index in [0.717, 1.165) is 11.3 Å². The first-order valence-corrected chi connectivity index (χ1v) is 10.8. The average Bonchev–Trinajstić information content (AvgIpc) is 2.69. The van der Waals surface area contributed by atoms with E-state index in [4.69, 9.17) is 23.9 Å². The van der Waals surface area contributed by atoms with Crippen molar-refractivity contribution < 1.29 is 28.5 Å². The normalized spacial score (nSPS) is 22.3. The van der Waals surface area contributed by atoms with E-state index < -0.39 is 17.8 Å². The Labute approximate surface area is 189 Å². The molecule has 0 bridgehead atoms. The van der Waals surface area contributed by atoms with Crippen molar-refractivity contribution in [3.8, 4) is 17.2 Å². The van der Waals surface area contributed by atoms with Crippen molar-refractivity contribution in [3.63, 3.8) is 0 Å². The molecule has 0 amide bonds. The van der Waals surface area contributed by atoms with Gasteiger partial charge in [-0.2, -0.15) is 0 Å². The smallest absolute Gasteiger partial charge is 0.315 e. The zero-order chi connectivity index (χ0) is 23.8. The van der Waals surface area contributed by atoms with Crippen LogP contribution in [-0.4, -0.2) is 44.9 Å². The molecule has 0 fully saturated rings. The zero-order valence-electron chi connectivity index (χ0n) is 20.2. The Morgan fingerprint density at radius 3 is 2.16 bits per heavy atom. The molecule has 2 atom stereocenters. The number of aliphatic imine (C=N–C) groups is 1.